The molecule has 0 aromatic heterocycles. The highest BCUT2D eigenvalue weighted by molar-refractivity contribution is 5.99. The lowest BCUT2D eigenvalue weighted by molar-refractivity contribution is -0.311. The highest BCUT2D eigenvalue weighted by atomic mass is 16.7. The number of aliphatic hydroxyl groups excluding tert-OH is 2. The predicted molar refractivity (Wildman–Crippen MR) is 200 cm³/mol. The van der Waals surface area contributed by atoms with E-state index in [9.17, 15) is 19.8 Å². The summed E-state index contributed by atoms with van der Waals surface area (Å²) in [6.45, 7) is 7.58. The maximum absolute atomic E-state index is 14.7. The van der Waals surface area contributed by atoms with Crippen LogP contribution < -0.4 is 0 Å². The summed E-state index contributed by atoms with van der Waals surface area (Å²) in [5.41, 5.74) is 0.692. The zero-order chi connectivity index (χ0) is 38.8. The summed E-state index contributed by atoms with van der Waals surface area (Å²) in [5.74, 6) is -0.640. The number of rotatable bonds is 9. The number of carbonyl (C=O) groups is 2. The molecular weight excluding hydrogens is 694 g/mol. The molecule has 1 saturated carbocycles. The second kappa shape index (κ2) is 18.1. The molecule has 0 aromatic carbocycles. The van der Waals surface area contributed by atoms with Crippen LogP contribution in [0.3, 0.4) is 0 Å². The van der Waals surface area contributed by atoms with Gasteiger partial charge in [0.25, 0.3) is 0 Å². The molecule has 6 rings (SSSR count). The van der Waals surface area contributed by atoms with Gasteiger partial charge >= 0.3 is 5.97 Å². The number of allylic oxidation sites excluding steroid dienone is 4. The van der Waals surface area contributed by atoms with E-state index in [-0.39, 0.29) is 72.2 Å². The van der Waals surface area contributed by atoms with E-state index in [1.807, 2.05) is 13.8 Å². The van der Waals surface area contributed by atoms with E-state index in [0.29, 0.717) is 30.9 Å². The summed E-state index contributed by atoms with van der Waals surface area (Å²) in [4.78, 5) is 30.5. The van der Waals surface area contributed by atoms with E-state index in [1.165, 1.54) is 7.11 Å². The Labute approximate surface area is 321 Å². The lowest BCUT2D eigenvalue weighted by atomic mass is 9.70. The molecule has 54 heavy (non-hydrogen) atoms. The Morgan fingerprint density at radius 1 is 0.926 bits per heavy atom. The maximum atomic E-state index is 14.7. The molecular formula is C42H65NO11. The van der Waals surface area contributed by atoms with Crippen molar-refractivity contribution in [3.63, 3.8) is 0 Å². The summed E-state index contributed by atoms with van der Waals surface area (Å²) in [7, 11) is 7.23. The Hall–Kier alpha value is -2.00. The fourth-order valence-corrected chi connectivity index (χ4v) is 10.2. The minimum atomic E-state index is -0.899. The Balaban J connectivity index is 1.22. The van der Waals surface area contributed by atoms with E-state index >= 15 is 0 Å². The molecule has 4 fully saturated rings. The third-order valence-electron chi connectivity index (χ3n) is 13.1. The molecule has 7 unspecified atom stereocenters. The smallest absolute Gasteiger partial charge is 0.307 e. The number of Topliss-reactive ketones (excluding diaryl/α,β-unsaturated/α-hetero) is 1. The van der Waals surface area contributed by atoms with Crippen molar-refractivity contribution in [1.82, 2.24) is 4.90 Å². The summed E-state index contributed by atoms with van der Waals surface area (Å²) in [6, 6.07) is 0.302. The number of ether oxygens (including phenoxy) is 7. The molecule has 3 heterocycles. The van der Waals surface area contributed by atoms with Crippen LogP contribution in [0.15, 0.2) is 36.0 Å². The molecule has 0 bridgehead atoms. The van der Waals surface area contributed by atoms with Gasteiger partial charge in [-0.2, -0.15) is 0 Å². The van der Waals surface area contributed by atoms with Gasteiger partial charge in [-0.05, 0) is 115 Å². The number of ketones is 1. The molecule has 0 radical (unpaired) electrons. The summed E-state index contributed by atoms with van der Waals surface area (Å²) >= 11 is 0. The summed E-state index contributed by atoms with van der Waals surface area (Å²) < 4.78 is 43.0. The van der Waals surface area contributed by atoms with E-state index in [2.05, 4.69) is 44.1 Å². The molecule has 0 aromatic rings. The molecule has 2 N–H and O–H groups in total. The maximum Gasteiger partial charge on any atom is 0.307 e. The van der Waals surface area contributed by atoms with Crippen molar-refractivity contribution in [2.45, 2.75) is 153 Å². The highest BCUT2D eigenvalue weighted by Gasteiger charge is 2.52. The molecule has 304 valence electrons. The van der Waals surface area contributed by atoms with E-state index < -0.39 is 49.0 Å². The van der Waals surface area contributed by atoms with E-state index in [4.69, 9.17) is 33.2 Å². The first kappa shape index (κ1) is 41.6. The van der Waals surface area contributed by atoms with Crippen LogP contribution in [-0.2, 0) is 42.7 Å². The van der Waals surface area contributed by atoms with Gasteiger partial charge in [0, 0.05) is 32.1 Å². The Morgan fingerprint density at radius 2 is 1.69 bits per heavy atom. The minimum Gasteiger partial charge on any atom is -0.458 e. The first-order valence-corrected chi connectivity index (χ1v) is 20.3. The van der Waals surface area contributed by atoms with Crippen LogP contribution in [-0.4, -0.2) is 129 Å². The molecule has 0 amide bonds. The molecule has 3 aliphatic carbocycles. The number of hydrogen-bond acceptors (Lipinski definition) is 12. The largest absolute Gasteiger partial charge is 0.458 e. The van der Waals surface area contributed by atoms with Crippen molar-refractivity contribution >= 4 is 11.8 Å². The van der Waals surface area contributed by atoms with Crippen LogP contribution in [0.4, 0.5) is 0 Å². The Kier molecular flexibility index (Phi) is 13.9. The van der Waals surface area contributed by atoms with Gasteiger partial charge in [-0.3, -0.25) is 9.59 Å². The van der Waals surface area contributed by atoms with Crippen LogP contribution in [0.1, 0.15) is 79.1 Å². The Morgan fingerprint density at radius 3 is 2.37 bits per heavy atom. The van der Waals surface area contributed by atoms with Gasteiger partial charge in [-0.15, -0.1) is 0 Å². The van der Waals surface area contributed by atoms with Crippen LogP contribution in [0.5, 0.6) is 0 Å². The monoisotopic (exact) mass is 759 g/mol. The second-order valence-electron chi connectivity index (χ2n) is 16.9. The molecule has 0 spiro atoms. The molecule has 12 nitrogen and oxygen atoms in total. The number of cyclic esters (lactones) is 1. The zero-order valence-electron chi connectivity index (χ0n) is 33.5. The van der Waals surface area contributed by atoms with Gasteiger partial charge in [0.15, 0.2) is 18.4 Å². The molecule has 3 aliphatic heterocycles. The number of nitrogens with zero attached hydrogens (tertiary/aromatic N) is 1. The van der Waals surface area contributed by atoms with Gasteiger partial charge in [0.1, 0.15) is 24.4 Å². The number of aliphatic hydroxyl groups is 2. The number of carbonyl (C=O) groups excluding carboxylic acids is 2. The average Bonchev–Trinajstić information content (AvgIpc) is 3.70. The van der Waals surface area contributed by atoms with Gasteiger partial charge in [0.2, 0.25) is 0 Å². The Bertz CT molecular complexity index is 1380. The van der Waals surface area contributed by atoms with Crippen molar-refractivity contribution in [3.05, 3.63) is 36.0 Å². The van der Waals surface area contributed by atoms with E-state index in [0.717, 1.165) is 25.7 Å². The standard InChI is InChI=1S/C42H65NO11/c1-22(44)12-14-27-10-9-11-35(54-37-17-16-34(43(5)6)24(3)50-37)23(2)38(46)33-20-31-29(32(33)21-36(45)52-27)15-13-26-18-28(19-30(26)31)53-42-41(49-8)39(47)40(48-7)25(4)51-42/h12-15,20,22-32,34-35,37,39-42,44,47H,9-11,16-19,21H2,1-8H3/b14-12+/t22?,23-,24-,25+,26?,27-,28?,29-,30?,31?,32?,34+,35+,37?,39-,40+,41-,42+/m1/s1. The van der Waals surface area contributed by atoms with Crippen molar-refractivity contribution in [2.24, 2.45) is 35.5 Å². The summed E-state index contributed by atoms with van der Waals surface area (Å²) in [6.07, 6.45) is 9.87. The van der Waals surface area contributed by atoms with Crippen molar-refractivity contribution in [1.29, 1.82) is 0 Å². The number of likely N-dealkylation sites (N-methyl/N-ethyl adjacent to an activating group) is 1. The zero-order valence-corrected chi connectivity index (χ0v) is 33.5. The molecule has 18 atom stereocenters. The molecule has 3 saturated heterocycles. The topological polar surface area (TPSA) is 142 Å². The van der Waals surface area contributed by atoms with Crippen molar-refractivity contribution in [2.75, 3.05) is 28.3 Å². The number of hydrogen-bond donors (Lipinski definition) is 2. The van der Waals surface area contributed by atoms with Gasteiger partial charge in [-0.1, -0.05) is 31.2 Å². The third kappa shape index (κ3) is 9.08. The summed E-state index contributed by atoms with van der Waals surface area (Å²) in [5, 5.41) is 20.9. The quantitative estimate of drug-likeness (QED) is 0.255. The van der Waals surface area contributed by atoms with Crippen LogP contribution in [0.2, 0.25) is 0 Å². The number of methoxy groups -OCH3 is 2. The molecule has 12 heteroatoms. The fourth-order valence-electron chi connectivity index (χ4n) is 10.2. The minimum absolute atomic E-state index is 0.00444. The average molecular weight is 760 g/mol. The van der Waals surface area contributed by atoms with Gasteiger partial charge in [0.05, 0.1) is 36.9 Å². The molecule has 6 aliphatic rings. The lowest BCUT2D eigenvalue weighted by Crippen LogP contribution is -2.59. The third-order valence-corrected chi connectivity index (χ3v) is 13.1. The van der Waals surface area contributed by atoms with Gasteiger partial charge in [-0.25, -0.2) is 0 Å². The van der Waals surface area contributed by atoms with Crippen LogP contribution in [0, 0.1) is 35.5 Å². The number of fused-ring (bicyclic) bond motifs is 5. The predicted octanol–water partition coefficient (Wildman–Crippen LogP) is 4.36. The fraction of sp³-hybridized carbons (Fsp3) is 0.810. The van der Waals surface area contributed by atoms with Crippen molar-refractivity contribution in [3.8, 4) is 0 Å². The first-order valence-electron chi connectivity index (χ1n) is 20.3. The first-order chi connectivity index (χ1) is 25.8. The van der Waals surface area contributed by atoms with Gasteiger partial charge < -0.3 is 48.3 Å². The van der Waals surface area contributed by atoms with Crippen LogP contribution >= 0.6 is 0 Å². The van der Waals surface area contributed by atoms with Crippen LogP contribution in [0.25, 0.3) is 0 Å². The lowest BCUT2D eigenvalue weighted by Gasteiger charge is -2.42. The number of esters is 1. The normalized spacial score (nSPS) is 45.2. The highest BCUT2D eigenvalue weighted by Crippen LogP contribution is 2.54. The van der Waals surface area contributed by atoms with Crippen molar-refractivity contribution < 1.29 is 53.0 Å². The second-order valence-corrected chi connectivity index (χ2v) is 16.9. The SMILES string of the molecule is CO[C@@H]1[C@@H](O)[C@@H](OC)[C@H](OC2CC3C=C[C@H]4C5CC(=O)O[C@@H](/C=C/C(C)O)CCC[C@H](OC6CC[C@H](N(C)C)[C@@H](C)O6)[C@@H](C)C(=O)C5=CC4C3C2)O[C@H]1C. The van der Waals surface area contributed by atoms with E-state index in [1.54, 1.807) is 26.2 Å².